The minimum atomic E-state index is -1.05. The van der Waals surface area contributed by atoms with Gasteiger partial charge in [-0.2, -0.15) is 0 Å². The van der Waals surface area contributed by atoms with E-state index >= 15 is 0 Å². The van der Waals surface area contributed by atoms with Crippen LogP contribution < -0.4 is 0 Å². The molecule has 0 aliphatic heterocycles. The number of phenols is 1. The van der Waals surface area contributed by atoms with Crippen LogP contribution in [0.1, 0.15) is 21.5 Å². The third-order valence-corrected chi connectivity index (χ3v) is 5.37. The zero-order valence-corrected chi connectivity index (χ0v) is 15.8. The molecule has 0 aliphatic carbocycles. The average Bonchev–Trinajstić information content (AvgIpc) is 3.10. The number of phenolic OH excluding ortho intramolecular Hbond substituents is 1. The molecule has 1 heterocycles. The van der Waals surface area contributed by atoms with Crippen molar-refractivity contribution in [3.8, 4) is 16.3 Å². The number of carboxylic acid groups (broad SMARTS) is 1. The van der Waals surface area contributed by atoms with Gasteiger partial charge in [0.05, 0.1) is 21.5 Å². The van der Waals surface area contributed by atoms with E-state index < -0.39 is 5.97 Å². The lowest BCUT2D eigenvalue weighted by molar-refractivity contribution is 0.0697. The molecule has 5 nitrogen and oxygen atoms in total. The number of aliphatic imine (C=N–C) groups is 1. The van der Waals surface area contributed by atoms with Crippen LogP contribution in [0.4, 0.5) is 5.69 Å². The van der Waals surface area contributed by atoms with Gasteiger partial charge in [0.25, 0.3) is 0 Å². The fraction of sp³-hybridized carbons (Fsp3) is 0.0455. The highest BCUT2D eigenvalue weighted by atomic mass is 32.1. The summed E-state index contributed by atoms with van der Waals surface area (Å²) in [7, 11) is 0. The van der Waals surface area contributed by atoms with E-state index in [4.69, 9.17) is 10.1 Å². The standard InChI is InChI=1S/C22H16N2O3S/c1-13-2-9-20-18(10-13)24-21(28-20)14-3-6-17(7-4-14)23-12-16-11-15(22(26)27)5-8-19(16)25/h2-12,25H,1H3,(H,26,27). The van der Waals surface area contributed by atoms with Gasteiger partial charge in [0.15, 0.2) is 0 Å². The Labute approximate surface area is 165 Å². The minimum Gasteiger partial charge on any atom is -0.507 e. The van der Waals surface area contributed by atoms with Gasteiger partial charge in [0.1, 0.15) is 10.8 Å². The van der Waals surface area contributed by atoms with Crippen molar-refractivity contribution in [2.45, 2.75) is 6.92 Å². The van der Waals surface area contributed by atoms with E-state index in [1.165, 1.54) is 30.0 Å². The van der Waals surface area contributed by atoms with Crippen molar-refractivity contribution in [3.63, 3.8) is 0 Å². The summed E-state index contributed by atoms with van der Waals surface area (Å²) in [6.45, 7) is 2.05. The molecule has 4 rings (SSSR count). The number of thiazole rings is 1. The van der Waals surface area contributed by atoms with Crippen molar-refractivity contribution in [2.24, 2.45) is 4.99 Å². The monoisotopic (exact) mass is 388 g/mol. The molecule has 0 fully saturated rings. The van der Waals surface area contributed by atoms with Gasteiger partial charge < -0.3 is 10.2 Å². The Kier molecular flexibility index (Phi) is 4.63. The van der Waals surface area contributed by atoms with Crippen LogP contribution in [-0.2, 0) is 0 Å². The number of carboxylic acids is 1. The number of hydrogen-bond acceptors (Lipinski definition) is 5. The normalized spacial score (nSPS) is 11.3. The molecule has 6 heteroatoms. The average molecular weight is 388 g/mol. The summed E-state index contributed by atoms with van der Waals surface area (Å²) in [5, 5.41) is 19.9. The van der Waals surface area contributed by atoms with Crippen LogP contribution in [0, 0.1) is 6.92 Å². The molecule has 0 saturated carbocycles. The number of aromatic carboxylic acids is 1. The first kappa shape index (κ1) is 17.9. The summed E-state index contributed by atoms with van der Waals surface area (Å²) in [5.41, 5.74) is 4.33. The molecular formula is C22H16N2O3S. The molecule has 0 atom stereocenters. The highest BCUT2D eigenvalue weighted by Crippen LogP contribution is 2.31. The first-order chi connectivity index (χ1) is 13.5. The van der Waals surface area contributed by atoms with E-state index in [1.54, 1.807) is 11.3 Å². The fourth-order valence-corrected chi connectivity index (χ4v) is 3.74. The van der Waals surface area contributed by atoms with E-state index in [9.17, 15) is 9.90 Å². The number of benzene rings is 3. The molecule has 0 saturated heterocycles. The summed E-state index contributed by atoms with van der Waals surface area (Å²) in [6.07, 6.45) is 1.46. The third kappa shape index (κ3) is 3.63. The number of rotatable bonds is 4. The smallest absolute Gasteiger partial charge is 0.335 e. The van der Waals surface area contributed by atoms with E-state index in [1.807, 2.05) is 24.3 Å². The number of nitrogens with zero attached hydrogens (tertiary/aromatic N) is 2. The predicted molar refractivity (Wildman–Crippen MR) is 112 cm³/mol. The van der Waals surface area contributed by atoms with Crippen LogP contribution >= 0.6 is 11.3 Å². The van der Waals surface area contributed by atoms with E-state index in [0.717, 1.165) is 20.8 Å². The highest BCUT2D eigenvalue weighted by Gasteiger charge is 2.08. The Morgan fingerprint density at radius 2 is 1.86 bits per heavy atom. The summed E-state index contributed by atoms with van der Waals surface area (Å²) in [6, 6.07) is 18.0. The maximum Gasteiger partial charge on any atom is 0.335 e. The Morgan fingerprint density at radius 3 is 2.61 bits per heavy atom. The number of hydrogen-bond donors (Lipinski definition) is 2. The van der Waals surface area contributed by atoms with Gasteiger partial charge in [-0.1, -0.05) is 6.07 Å². The Morgan fingerprint density at radius 1 is 1.07 bits per heavy atom. The molecule has 0 bridgehead atoms. The molecule has 0 radical (unpaired) electrons. The molecule has 0 unspecified atom stereocenters. The fourth-order valence-electron chi connectivity index (χ4n) is 2.79. The molecule has 28 heavy (non-hydrogen) atoms. The Balaban J connectivity index is 1.58. The molecule has 1 aromatic heterocycles. The van der Waals surface area contributed by atoms with Gasteiger partial charge in [-0.05, 0) is 67.1 Å². The number of aromatic nitrogens is 1. The molecule has 0 aliphatic rings. The maximum absolute atomic E-state index is 11.1. The van der Waals surface area contributed by atoms with Crippen LogP contribution in [0.5, 0.6) is 5.75 Å². The number of carbonyl (C=O) groups is 1. The van der Waals surface area contributed by atoms with Gasteiger partial charge in [-0.3, -0.25) is 4.99 Å². The number of aryl methyl sites for hydroxylation is 1. The predicted octanol–water partition coefficient (Wildman–Crippen LogP) is 5.43. The van der Waals surface area contributed by atoms with Crippen LogP contribution in [0.3, 0.4) is 0 Å². The summed E-state index contributed by atoms with van der Waals surface area (Å²) < 4.78 is 1.15. The van der Waals surface area contributed by atoms with E-state index in [-0.39, 0.29) is 11.3 Å². The quantitative estimate of drug-likeness (QED) is 0.457. The van der Waals surface area contributed by atoms with Crippen molar-refractivity contribution in [1.29, 1.82) is 0 Å². The maximum atomic E-state index is 11.1. The molecule has 2 N–H and O–H groups in total. The zero-order valence-electron chi connectivity index (χ0n) is 15.0. The first-order valence-corrected chi connectivity index (χ1v) is 9.39. The van der Waals surface area contributed by atoms with Gasteiger partial charge in [-0.25, -0.2) is 9.78 Å². The second-order valence-electron chi connectivity index (χ2n) is 6.37. The second kappa shape index (κ2) is 7.25. The summed E-state index contributed by atoms with van der Waals surface area (Å²) in [5.74, 6) is -1.07. The summed E-state index contributed by atoms with van der Waals surface area (Å²) in [4.78, 5) is 20.1. The lowest BCUT2D eigenvalue weighted by Crippen LogP contribution is -1.97. The van der Waals surface area contributed by atoms with Crippen molar-refractivity contribution < 1.29 is 15.0 Å². The second-order valence-corrected chi connectivity index (χ2v) is 7.40. The number of fused-ring (bicyclic) bond motifs is 1. The van der Waals surface area contributed by atoms with Gasteiger partial charge in [-0.15, -0.1) is 11.3 Å². The number of aromatic hydroxyl groups is 1. The summed E-state index contributed by atoms with van der Waals surface area (Å²) >= 11 is 1.64. The molecule has 0 amide bonds. The van der Waals surface area contributed by atoms with Crippen LogP contribution in [0.15, 0.2) is 65.7 Å². The Bertz CT molecular complexity index is 1210. The molecule has 138 valence electrons. The Hall–Kier alpha value is -3.51. The van der Waals surface area contributed by atoms with Crippen LogP contribution in [0.2, 0.25) is 0 Å². The van der Waals surface area contributed by atoms with Crippen molar-refractivity contribution in [3.05, 3.63) is 77.4 Å². The zero-order chi connectivity index (χ0) is 19.7. The van der Waals surface area contributed by atoms with E-state index in [2.05, 4.69) is 30.1 Å². The topological polar surface area (TPSA) is 82.8 Å². The van der Waals surface area contributed by atoms with Crippen molar-refractivity contribution >= 4 is 39.4 Å². The van der Waals surface area contributed by atoms with Gasteiger partial charge in [0.2, 0.25) is 0 Å². The largest absolute Gasteiger partial charge is 0.507 e. The molecule has 0 spiro atoms. The molecular weight excluding hydrogens is 372 g/mol. The SMILES string of the molecule is Cc1ccc2sc(-c3ccc(N=Cc4cc(C(=O)O)ccc4O)cc3)nc2c1. The molecule has 4 aromatic rings. The van der Waals surface area contributed by atoms with Crippen molar-refractivity contribution in [2.75, 3.05) is 0 Å². The highest BCUT2D eigenvalue weighted by molar-refractivity contribution is 7.21. The molecule has 3 aromatic carbocycles. The minimum absolute atomic E-state index is 0.0184. The van der Waals surface area contributed by atoms with Crippen LogP contribution in [0.25, 0.3) is 20.8 Å². The lowest BCUT2D eigenvalue weighted by Gasteiger charge is -2.01. The van der Waals surface area contributed by atoms with Gasteiger partial charge in [0, 0.05) is 17.3 Å². The van der Waals surface area contributed by atoms with Gasteiger partial charge >= 0.3 is 5.97 Å². The van der Waals surface area contributed by atoms with Crippen molar-refractivity contribution in [1.82, 2.24) is 4.98 Å². The third-order valence-electron chi connectivity index (χ3n) is 4.28. The van der Waals surface area contributed by atoms with E-state index in [0.29, 0.717) is 11.3 Å². The lowest BCUT2D eigenvalue weighted by atomic mass is 10.1. The van der Waals surface area contributed by atoms with Crippen LogP contribution in [-0.4, -0.2) is 27.4 Å². The first-order valence-electron chi connectivity index (χ1n) is 8.57.